The van der Waals surface area contributed by atoms with Crippen LogP contribution in [0.3, 0.4) is 0 Å². The van der Waals surface area contributed by atoms with Gasteiger partial charge in [0.05, 0.1) is 9.77 Å². The molecule has 3 fully saturated rings. The van der Waals surface area contributed by atoms with E-state index in [2.05, 4.69) is 5.32 Å². The maximum Gasteiger partial charge on any atom is 0.248 e. The molecule has 2 amide bonds. The number of hydrogen-bond acceptors (Lipinski definition) is 5. The Kier molecular flexibility index (Phi) is 5.65. The van der Waals surface area contributed by atoms with E-state index in [4.69, 9.17) is 0 Å². The van der Waals surface area contributed by atoms with Crippen molar-refractivity contribution in [2.45, 2.75) is 61.3 Å². The van der Waals surface area contributed by atoms with Gasteiger partial charge in [-0.2, -0.15) is 4.31 Å². The van der Waals surface area contributed by atoms with Crippen molar-refractivity contribution in [1.82, 2.24) is 9.21 Å². The van der Waals surface area contributed by atoms with Gasteiger partial charge in [0.1, 0.15) is 6.04 Å². The Morgan fingerprint density at radius 1 is 1.14 bits per heavy atom. The number of hydrogen-bond donors (Lipinski definition) is 1. The SMILES string of the molecule is CC12CCC(=O)N1C(C(=O)Nc1ccc(S(=O)(=O)N3CCCCCC3)cc1)CS2. The molecule has 1 aromatic rings. The fourth-order valence-electron chi connectivity index (χ4n) is 4.38. The molecular formula is C20H27N3O4S2. The molecule has 0 spiro atoms. The number of carbonyl (C=O) groups excluding carboxylic acids is 2. The lowest BCUT2D eigenvalue weighted by atomic mass is 10.2. The average Bonchev–Trinajstić information content (AvgIpc) is 3.03. The van der Waals surface area contributed by atoms with E-state index in [1.165, 1.54) is 0 Å². The summed E-state index contributed by atoms with van der Waals surface area (Å²) >= 11 is 1.65. The lowest BCUT2D eigenvalue weighted by Gasteiger charge is -2.29. The second kappa shape index (κ2) is 7.92. The van der Waals surface area contributed by atoms with Crippen LogP contribution in [0.15, 0.2) is 29.2 Å². The van der Waals surface area contributed by atoms with Crippen molar-refractivity contribution in [3.63, 3.8) is 0 Å². The molecule has 0 bridgehead atoms. The summed E-state index contributed by atoms with van der Waals surface area (Å²) in [4.78, 5) is 26.7. The Balaban J connectivity index is 1.44. The first-order valence-corrected chi connectivity index (χ1v) is 12.6. The maximum atomic E-state index is 12.9. The number of anilines is 1. The Morgan fingerprint density at radius 3 is 2.45 bits per heavy atom. The van der Waals surface area contributed by atoms with Gasteiger partial charge in [-0.15, -0.1) is 11.8 Å². The minimum Gasteiger partial charge on any atom is -0.324 e. The lowest BCUT2D eigenvalue weighted by molar-refractivity contribution is -0.135. The molecule has 3 aliphatic heterocycles. The second-order valence-corrected chi connectivity index (χ2v) is 11.5. The van der Waals surface area contributed by atoms with Crippen molar-refractivity contribution < 1.29 is 18.0 Å². The quantitative estimate of drug-likeness (QED) is 0.783. The largest absolute Gasteiger partial charge is 0.324 e. The molecule has 7 nitrogen and oxygen atoms in total. The van der Waals surface area contributed by atoms with Gasteiger partial charge in [-0.3, -0.25) is 9.59 Å². The van der Waals surface area contributed by atoms with E-state index in [9.17, 15) is 18.0 Å². The Morgan fingerprint density at radius 2 is 1.79 bits per heavy atom. The molecule has 3 saturated heterocycles. The third-order valence-electron chi connectivity index (χ3n) is 6.07. The van der Waals surface area contributed by atoms with Gasteiger partial charge in [-0.1, -0.05) is 12.8 Å². The molecule has 158 valence electrons. The maximum absolute atomic E-state index is 12.9. The molecule has 4 rings (SSSR count). The molecule has 2 unspecified atom stereocenters. The van der Waals surface area contributed by atoms with Gasteiger partial charge < -0.3 is 10.2 Å². The van der Waals surface area contributed by atoms with Crippen molar-refractivity contribution in [3.8, 4) is 0 Å². The van der Waals surface area contributed by atoms with E-state index in [1.807, 2.05) is 6.92 Å². The molecule has 9 heteroatoms. The summed E-state index contributed by atoms with van der Waals surface area (Å²) in [6, 6.07) is 5.85. The number of nitrogens with one attached hydrogen (secondary N) is 1. The standard InChI is InChI=1S/C20H27N3O4S2/c1-20-11-10-18(24)23(20)17(14-28-20)19(25)21-15-6-8-16(9-7-15)29(26,27)22-12-4-2-3-5-13-22/h6-9,17H,2-5,10-14H2,1H3,(H,21,25). The van der Waals surface area contributed by atoms with E-state index in [-0.39, 0.29) is 21.6 Å². The zero-order chi connectivity index (χ0) is 20.6. The van der Waals surface area contributed by atoms with Crippen molar-refractivity contribution in [3.05, 3.63) is 24.3 Å². The normalized spacial score (nSPS) is 28.2. The van der Waals surface area contributed by atoms with Crippen LogP contribution in [0.2, 0.25) is 0 Å². The van der Waals surface area contributed by atoms with E-state index >= 15 is 0 Å². The number of nitrogens with zero attached hydrogens (tertiary/aromatic N) is 2. The minimum atomic E-state index is -3.51. The third kappa shape index (κ3) is 3.92. The molecule has 0 aromatic heterocycles. The molecule has 0 saturated carbocycles. The number of amides is 2. The van der Waals surface area contributed by atoms with Gasteiger partial charge >= 0.3 is 0 Å². The summed E-state index contributed by atoms with van der Waals surface area (Å²) in [7, 11) is -3.51. The number of sulfonamides is 1. The van der Waals surface area contributed by atoms with Gasteiger partial charge in [-0.25, -0.2) is 8.42 Å². The highest BCUT2D eigenvalue weighted by atomic mass is 32.2. The molecule has 1 aromatic carbocycles. The first-order valence-electron chi connectivity index (χ1n) is 10.2. The van der Waals surface area contributed by atoms with Gasteiger partial charge in [0.2, 0.25) is 21.8 Å². The van der Waals surface area contributed by atoms with Crippen LogP contribution in [0.1, 0.15) is 45.4 Å². The second-order valence-electron chi connectivity index (χ2n) is 8.10. The summed E-state index contributed by atoms with van der Waals surface area (Å²) < 4.78 is 27.3. The Labute approximate surface area is 176 Å². The van der Waals surface area contributed by atoms with Gasteiger partial charge in [0.25, 0.3) is 0 Å². The zero-order valence-corrected chi connectivity index (χ0v) is 18.2. The Bertz CT molecular complexity index is 895. The number of carbonyl (C=O) groups is 2. The van der Waals surface area contributed by atoms with Crippen molar-refractivity contribution >= 4 is 39.3 Å². The van der Waals surface area contributed by atoms with Crippen molar-refractivity contribution in [1.29, 1.82) is 0 Å². The number of rotatable bonds is 4. The zero-order valence-electron chi connectivity index (χ0n) is 16.6. The fourth-order valence-corrected chi connectivity index (χ4v) is 7.33. The molecule has 0 aliphatic carbocycles. The number of thioether (sulfide) groups is 1. The molecule has 3 heterocycles. The molecule has 3 aliphatic rings. The van der Waals surface area contributed by atoms with Crippen LogP contribution in [0.4, 0.5) is 5.69 Å². The van der Waals surface area contributed by atoms with E-state index < -0.39 is 16.1 Å². The van der Waals surface area contributed by atoms with Gasteiger partial charge in [0, 0.05) is 31.0 Å². The van der Waals surface area contributed by atoms with Crippen molar-refractivity contribution in [2.75, 3.05) is 24.2 Å². The van der Waals surface area contributed by atoms with Crippen LogP contribution in [-0.2, 0) is 19.6 Å². The average molecular weight is 438 g/mol. The smallest absolute Gasteiger partial charge is 0.248 e. The monoisotopic (exact) mass is 437 g/mol. The van der Waals surface area contributed by atoms with Crippen LogP contribution >= 0.6 is 11.8 Å². The fraction of sp³-hybridized carbons (Fsp3) is 0.600. The molecule has 29 heavy (non-hydrogen) atoms. The van der Waals surface area contributed by atoms with Crippen LogP contribution in [-0.4, -0.2) is 59.2 Å². The molecule has 1 N–H and O–H groups in total. The van der Waals surface area contributed by atoms with Crippen LogP contribution in [0.5, 0.6) is 0 Å². The van der Waals surface area contributed by atoms with Crippen LogP contribution in [0.25, 0.3) is 0 Å². The molecule has 0 radical (unpaired) electrons. The number of fused-ring (bicyclic) bond motifs is 1. The lowest BCUT2D eigenvalue weighted by Crippen LogP contribution is -2.48. The predicted octanol–water partition coefficient (Wildman–Crippen LogP) is 2.64. The van der Waals surface area contributed by atoms with Crippen molar-refractivity contribution in [2.24, 2.45) is 0 Å². The molecular weight excluding hydrogens is 410 g/mol. The minimum absolute atomic E-state index is 0.0246. The summed E-state index contributed by atoms with van der Waals surface area (Å²) in [6.07, 6.45) is 5.16. The Hall–Kier alpha value is -1.58. The van der Waals surface area contributed by atoms with E-state index in [0.29, 0.717) is 31.0 Å². The highest BCUT2D eigenvalue weighted by molar-refractivity contribution is 8.01. The third-order valence-corrected chi connectivity index (χ3v) is 9.49. The number of benzene rings is 1. The van der Waals surface area contributed by atoms with Gasteiger partial charge in [0.15, 0.2) is 0 Å². The summed E-state index contributed by atoms with van der Waals surface area (Å²) in [5.41, 5.74) is 0.537. The summed E-state index contributed by atoms with van der Waals surface area (Å²) in [5.74, 6) is 0.381. The van der Waals surface area contributed by atoms with Crippen LogP contribution < -0.4 is 5.32 Å². The summed E-state index contributed by atoms with van der Waals surface area (Å²) in [5, 5.41) is 2.85. The van der Waals surface area contributed by atoms with Crippen LogP contribution in [0, 0.1) is 0 Å². The first kappa shape index (κ1) is 20.7. The van der Waals surface area contributed by atoms with E-state index in [0.717, 1.165) is 32.1 Å². The highest BCUT2D eigenvalue weighted by Crippen LogP contribution is 2.47. The highest BCUT2D eigenvalue weighted by Gasteiger charge is 2.52. The van der Waals surface area contributed by atoms with Gasteiger partial charge in [-0.05, 0) is 50.5 Å². The predicted molar refractivity (Wildman–Crippen MR) is 113 cm³/mol. The summed E-state index contributed by atoms with van der Waals surface area (Å²) in [6.45, 7) is 3.13. The topological polar surface area (TPSA) is 86.8 Å². The molecule has 2 atom stereocenters. The van der Waals surface area contributed by atoms with E-state index in [1.54, 1.807) is 45.2 Å². The first-order chi connectivity index (χ1) is 13.8.